The number of nitrogen functional groups attached to an aromatic ring is 1. The number of hydrogen-bond donors (Lipinski definition) is 1. The summed E-state index contributed by atoms with van der Waals surface area (Å²) in [6.45, 7) is 5.88. The van der Waals surface area contributed by atoms with Gasteiger partial charge in [0.15, 0.2) is 0 Å². The third kappa shape index (κ3) is 2.04. The fraction of sp³-hybridized carbons (Fsp3) is 0.615. The molecule has 1 aromatic rings. The largest absolute Gasteiger partial charge is 0.396 e. The van der Waals surface area contributed by atoms with Crippen LogP contribution in [0.4, 0.5) is 11.5 Å². The molecule has 1 aliphatic rings. The van der Waals surface area contributed by atoms with Crippen LogP contribution in [0, 0.1) is 0 Å². The number of hydrogen-bond acceptors (Lipinski definition) is 3. The first kappa shape index (κ1) is 12.0. The molecule has 1 aliphatic heterocycles. The van der Waals surface area contributed by atoms with Crippen LogP contribution in [0.1, 0.15) is 38.2 Å². The van der Waals surface area contributed by atoms with E-state index < -0.39 is 0 Å². The number of nitrogens with zero attached hydrogens (tertiary/aromatic N) is 2. The molecule has 0 saturated heterocycles. The van der Waals surface area contributed by atoms with Gasteiger partial charge in [-0.3, -0.25) is 9.36 Å². The zero-order chi connectivity index (χ0) is 12.6. The van der Waals surface area contributed by atoms with Gasteiger partial charge in [-0.2, -0.15) is 0 Å². The minimum absolute atomic E-state index is 0.0756. The number of anilines is 2. The van der Waals surface area contributed by atoms with Crippen LogP contribution in [-0.2, 0) is 6.54 Å². The van der Waals surface area contributed by atoms with Gasteiger partial charge in [0, 0.05) is 26.2 Å². The summed E-state index contributed by atoms with van der Waals surface area (Å²) in [5.74, 6) is 1.18. The highest BCUT2D eigenvalue weighted by Gasteiger charge is 2.20. The molecular formula is C13H21N3O. The molecule has 0 atom stereocenters. The Bertz CT molecular complexity index is 476. The molecule has 94 valence electrons. The zero-order valence-electron chi connectivity index (χ0n) is 10.9. The van der Waals surface area contributed by atoms with Crippen molar-refractivity contribution in [2.45, 2.75) is 39.2 Å². The Morgan fingerprint density at radius 2 is 1.94 bits per heavy atom. The van der Waals surface area contributed by atoms with E-state index in [9.17, 15) is 4.79 Å². The van der Waals surface area contributed by atoms with E-state index in [1.165, 1.54) is 0 Å². The van der Waals surface area contributed by atoms with Crippen LogP contribution in [0.5, 0.6) is 0 Å². The number of fused-ring (bicyclic) bond motifs is 1. The summed E-state index contributed by atoms with van der Waals surface area (Å²) in [7, 11) is 2.01. The molecule has 0 fully saturated rings. The van der Waals surface area contributed by atoms with Crippen LogP contribution in [0.2, 0.25) is 0 Å². The Hall–Kier alpha value is -1.45. The molecule has 2 rings (SSSR count). The van der Waals surface area contributed by atoms with Crippen LogP contribution < -0.4 is 16.2 Å². The van der Waals surface area contributed by atoms with Gasteiger partial charge in [0.25, 0.3) is 5.56 Å². The van der Waals surface area contributed by atoms with Crippen molar-refractivity contribution >= 4 is 11.5 Å². The minimum atomic E-state index is 0.0756. The summed E-state index contributed by atoms with van der Waals surface area (Å²) in [6.07, 6.45) is 2.14. The molecule has 0 unspecified atom stereocenters. The number of rotatable bonds is 1. The lowest BCUT2D eigenvalue weighted by Gasteiger charge is -2.24. The first-order valence-electron chi connectivity index (χ1n) is 6.26. The average Bonchev–Trinajstić information content (AvgIpc) is 2.45. The molecule has 0 bridgehead atoms. The summed E-state index contributed by atoms with van der Waals surface area (Å²) in [6, 6.07) is 1.70. The average molecular weight is 235 g/mol. The summed E-state index contributed by atoms with van der Waals surface area (Å²) >= 11 is 0. The third-order valence-corrected chi connectivity index (χ3v) is 3.46. The monoisotopic (exact) mass is 235 g/mol. The van der Waals surface area contributed by atoms with Crippen LogP contribution in [-0.4, -0.2) is 18.2 Å². The van der Waals surface area contributed by atoms with Gasteiger partial charge in [-0.25, -0.2) is 0 Å². The molecule has 4 nitrogen and oxygen atoms in total. The quantitative estimate of drug-likeness (QED) is 0.807. The summed E-state index contributed by atoms with van der Waals surface area (Å²) in [5.41, 5.74) is 8.04. The van der Waals surface area contributed by atoms with E-state index in [4.69, 9.17) is 5.73 Å². The molecule has 1 aromatic heterocycles. The zero-order valence-corrected chi connectivity index (χ0v) is 10.9. The van der Waals surface area contributed by atoms with Crippen LogP contribution >= 0.6 is 0 Å². The molecule has 0 amide bonds. The van der Waals surface area contributed by atoms with Gasteiger partial charge < -0.3 is 10.6 Å². The first-order chi connectivity index (χ1) is 8.02. The van der Waals surface area contributed by atoms with Gasteiger partial charge in [-0.15, -0.1) is 0 Å². The van der Waals surface area contributed by atoms with E-state index >= 15 is 0 Å². The lowest BCUT2D eigenvalue weighted by molar-refractivity contribution is 0.635. The van der Waals surface area contributed by atoms with Crippen LogP contribution in [0.15, 0.2) is 10.9 Å². The first-order valence-corrected chi connectivity index (χ1v) is 6.26. The Kier molecular flexibility index (Phi) is 3.13. The Morgan fingerprint density at radius 1 is 1.29 bits per heavy atom. The molecule has 0 aliphatic carbocycles. The van der Waals surface area contributed by atoms with Crippen molar-refractivity contribution in [3.63, 3.8) is 0 Å². The highest BCUT2D eigenvalue weighted by molar-refractivity contribution is 5.68. The predicted octanol–water partition coefficient (Wildman–Crippen LogP) is 1.78. The number of aromatic nitrogens is 1. The van der Waals surface area contributed by atoms with Gasteiger partial charge in [-0.05, 0) is 24.3 Å². The van der Waals surface area contributed by atoms with Gasteiger partial charge in [0.1, 0.15) is 5.82 Å². The maximum Gasteiger partial charge on any atom is 0.252 e. The molecule has 0 saturated carbocycles. The van der Waals surface area contributed by atoms with Crippen molar-refractivity contribution in [3.05, 3.63) is 22.0 Å². The molecule has 17 heavy (non-hydrogen) atoms. The van der Waals surface area contributed by atoms with Crippen LogP contribution in [0.3, 0.4) is 0 Å². The normalized spacial score (nSPS) is 15.9. The third-order valence-electron chi connectivity index (χ3n) is 3.46. The second-order valence-corrected chi connectivity index (χ2v) is 5.11. The summed E-state index contributed by atoms with van der Waals surface area (Å²) in [5, 5.41) is 0. The summed E-state index contributed by atoms with van der Waals surface area (Å²) in [4.78, 5) is 14.2. The van der Waals surface area contributed by atoms with Gasteiger partial charge in [0.2, 0.25) is 0 Å². The van der Waals surface area contributed by atoms with Crippen molar-refractivity contribution < 1.29 is 0 Å². The smallest absolute Gasteiger partial charge is 0.252 e. The van der Waals surface area contributed by atoms with Gasteiger partial charge in [-0.1, -0.05) is 13.8 Å². The van der Waals surface area contributed by atoms with E-state index in [2.05, 4.69) is 18.7 Å². The van der Waals surface area contributed by atoms with Gasteiger partial charge >= 0.3 is 0 Å². The number of pyridine rings is 1. The fourth-order valence-corrected chi connectivity index (χ4v) is 2.50. The molecule has 0 radical (unpaired) electrons. The van der Waals surface area contributed by atoms with Crippen molar-refractivity contribution in [3.8, 4) is 0 Å². The van der Waals surface area contributed by atoms with Crippen molar-refractivity contribution in [2.75, 3.05) is 24.2 Å². The molecule has 0 spiro atoms. The van der Waals surface area contributed by atoms with E-state index in [1.807, 2.05) is 11.6 Å². The lowest BCUT2D eigenvalue weighted by Crippen LogP contribution is -2.29. The predicted molar refractivity (Wildman–Crippen MR) is 71.7 cm³/mol. The van der Waals surface area contributed by atoms with E-state index in [0.29, 0.717) is 0 Å². The van der Waals surface area contributed by atoms with Gasteiger partial charge in [0.05, 0.1) is 5.69 Å². The topological polar surface area (TPSA) is 51.3 Å². The number of nitrogens with two attached hydrogens (primary N) is 1. The highest BCUT2D eigenvalue weighted by Crippen LogP contribution is 2.30. The van der Waals surface area contributed by atoms with Crippen molar-refractivity contribution in [1.82, 2.24) is 4.57 Å². The van der Waals surface area contributed by atoms with E-state index in [1.54, 1.807) is 6.07 Å². The van der Waals surface area contributed by atoms with E-state index in [-0.39, 0.29) is 11.5 Å². The SMILES string of the molecule is CC(C)c1cc(=O)n2c(c1N)N(C)CCCC2. The maximum absolute atomic E-state index is 12.1. The second kappa shape index (κ2) is 4.43. The van der Waals surface area contributed by atoms with E-state index in [0.717, 1.165) is 43.0 Å². The molecular weight excluding hydrogens is 214 g/mol. The highest BCUT2D eigenvalue weighted by atomic mass is 16.1. The van der Waals surface area contributed by atoms with Crippen molar-refractivity contribution in [1.29, 1.82) is 0 Å². The lowest BCUT2D eigenvalue weighted by atomic mass is 10.0. The fourth-order valence-electron chi connectivity index (χ4n) is 2.50. The van der Waals surface area contributed by atoms with Crippen molar-refractivity contribution in [2.24, 2.45) is 0 Å². The molecule has 0 aromatic carbocycles. The van der Waals surface area contributed by atoms with Crippen LogP contribution in [0.25, 0.3) is 0 Å². The summed E-state index contributed by atoms with van der Waals surface area (Å²) < 4.78 is 1.81. The molecule has 2 N–H and O–H groups in total. The Labute approximate surface area is 102 Å². The minimum Gasteiger partial charge on any atom is -0.396 e. The second-order valence-electron chi connectivity index (χ2n) is 5.11. The maximum atomic E-state index is 12.1. The standard InChI is InChI=1S/C13H21N3O/c1-9(2)10-8-11(17)16-7-5-4-6-15(3)13(16)12(10)14/h8-9H,4-7,14H2,1-3H3. The molecule has 4 heteroatoms. The Morgan fingerprint density at radius 3 is 2.59 bits per heavy atom. The molecule has 2 heterocycles. The Balaban J connectivity index is 2.68.